The molecule has 0 saturated heterocycles. The summed E-state index contributed by atoms with van der Waals surface area (Å²) in [6.45, 7) is 2.72. The highest BCUT2D eigenvalue weighted by atomic mass is 79.9. The molecule has 0 aliphatic carbocycles. The Hall–Kier alpha value is -1.43. The van der Waals surface area contributed by atoms with Gasteiger partial charge in [-0.3, -0.25) is 0 Å². The number of hydrogen-bond donors (Lipinski definition) is 1. The quantitative estimate of drug-likeness (QED) is 0.939. The molecule has 1 aromatic carbocycles. The first kappa shape index (κ1) is 12.0. The Labute approximate surface area is 108 Å². The molecular weight excluding hydrogens is 282 g/mol. The zero-order valence-corrected chi connectivity index (χ0v) is 11.4. The zero-order valence-electron chi connectivity index (χ0n) is 9.81. The standard InChI is InChI=1S/C11H14BrN5/c1-3-8-6-9(12)4-5-10(8)13-7-11-14-16-17(2)15-11/h4-6,13H,3,7H2,1-2H3. The normalized spacial score (nSPS) is 10.5. The van der Waals surface area contributed by atoms with Crippen LogP contribution in [0.15, 0.2) is 22.7 Å². The molecule has 1 N–H and O–H groups in total. The lowest BCUT2D eigenvalue weighted by molar-refractivity contribution is 0.628. The molecule has 0 radical (unpaired) electrons. The van der Waals surface area contributed by atoms with Crippen molar-refractivity contribution in [3.05, 3.63) is 34.1 Å². The average molecular weight is 296 g/mol. The minimum atomic E-state index is 0.586. The second kappa shape index (κ2) is 5.27. The second-order valence-electron chi connectivity index (χ2n) is 3.70. The third-order valence-electron chi connectivity index (χ3n) is 2.43. The van der Waals surface area contributed by atoms with Gasteiger partial charge in [-0.15, -0.1) is 10.2 Å². The summed E-state index contributed by atoms with van der Waals surface area (Å²) in [7, 11) is 1.76. The SMILES string of the molecule is CCc1cc(Br)ccc1NCc1nnn(C)n1. The first-order valence-corrected chi connectivity index (χ1v) is 6.23. The van der Waals surface area contributed by atoms with Gasteiger partial charge in [-0.1, -0.05) is 22.9 Å². The van der Waals surface area contributed by atoms with Gasteiger partial charge in [-0.25, -0.2) is 0 Å². The van der Waals surface area contributed by atoms with Crippen LogP contribution in [0.1, 0.15) is 18.3 Å². The van der Waals surface area contributed by atoms with E-state index >= 15 is 0 Å². The monoisotopic (exact) mass is 295 g/mol. The highest BCUT2D eigenvalue weighted by Gasteiger charge is 2.04. The van der Waals surface area contributed by atoms with Crippen molar-refractivity contribution < 1.29 is 0 Å². The van der Waals surface area contributed by atoms with Crippen LogP contribution in [-0.2, 0) is 20.0 Å². The van der Waals surface area contributed by atoms with Gasteiger partial charge in [0.2, 0.25) is 0 Å². The maximum atomic E-state index is 4.12. The number of tetrazole rings is 1. The van der Waals surface area contributed by atoms with E-state index in [1.807, 2.05) is 6.07 Å². The van der Waals surface area contributed by atoms with E-state index in [0.29, 0.717) is 12.4 Å². The van der Waals surface area contributed by atoms with Gasteiger partial charge in [0.1, 0.15) is 0 Å². The molecule has 0 unspecified atom stereocenters. The molecule has 0 fully saturated rings. The van der Waals surface area contributed by atoms with Crippen LogP contribution in [0.2, 0.25) is 0 Å². The van der Waals surface area contributed by atoms with E-state index in [-0.39, 0.29) is 0 Å². The third-order valence-corrected chi connectivity index (χ3v) is 2.93. The first-order valence-electron chi connectivity index (χ1n) is 5.44. The van der Waals surface area contributed by atoms with Crippen molar-refractivity contribution in [3.63, 3.8) is 0 Å². The lowest BCUT2D eigenvalue weighted by Crippen LogP contribution is -2.04. The van der Waals surface area contributed by atoms with Crippen molar-refractivity contribution in [1.82, 2.24) is 20.2 Å². The number of benzene rings is 1. The number of anilines is 1. The highest BCUT2D eigenvalue weighted by molar-refractivity contribution is 9.10. The van der Waals surface area contributed by atoms with Crippen LogP contribution in [0.4, 0.5) is 5.69 Å². The van der Waals surface area contributed by atoms with Gasteiger partial charge in [0.25, 0.3) is 0 Å². The van der Waals surface area contributed by atoms with E-state index < -0.39 is 0 Å². The highest BCUT2D eigenvalue weighted by Crippen LogP contribution is 2.21. The molecule has 2 rings (SSSR count). The van der Waals surface area contributed by atoms with E-state index in [1.54, 1.807) is 7.05 Å². The Morgan fingerprint density at radius 3 is 2.88 bits per heavy atom. The fourth-order valence-corrected chi connectivity index (χ4v) is 2.00. The van der Waals surface area contributed by atoms with Crippen molar-refractivity contribution in [3.8, 4) is 0 Å². The molecule has 17 heavy (non-hydrogen) atoms. The fraction of sp³-hybridized carbons (Fsp3) is 0.364. The molecule has 90 valence electrons. The maximum Gasteiger partial charge on any atom is 0.193 e. The predicted molar refractivity (Wildman–Crippen MR) is 69.6 cm³/mol. The Kier molecular flexibility index (Phi) is 3.73. The molecule has 0 saturated carbocycles. The number of nitrogens with one attached hydrogen (secondary N) is 1. The Bertz CT molecular complexity index is 508. The van der Waals surface area contributed by atoms with Gasteiger partial charge in [0, 0.05) is 10.2 Å². The number of hydrogen-bond acceptors (Lipinski definition) is 4. The van der Waals surface area contributed by atoms with Gasteiger partial charge in [0.15, 0.2) is 5.82 Å². The van der Waals surface area contributed by atoms with E-state index in [0.717, 1.165) is 16.6 Å². The van der Waals surface area contributed by atoms with Crippen molar-refractivity contribution >= 4 is 21.6 Å². The molecule has 1 aromatic heterocycles. The van der Waals surface area contributed by atoms with Gasteiger partial charge in [-0.05, 0) is 35.4 Å². The molecule has 5 nitrogen and oxygen atoms in total. The maximum absolute atomic E-state index is 4.12. The molecule has 6 heteroatoms. The summed E-state index contributed by atoms with van der Waals surface area (Å²) in [4.78, 5) is 1.46. The third kappa shape index (κ3) is 3.03. The molecular formula is C11H14BrN5. The second-order valence-corrected chi connectivity index (χ2v) is 4.62. The summed E-state index contributed by atoms with van der Waals surface area (Å²) >= 11 is 3.47. The lowest BCUT2D eigenvalue weighted by Gasteiger charge is -2.09. The fourth-order valence-electron chi connectivity index (χ4n) is 1.60. The molecule has 0 spiro atoms. The largest absolute Gasteiger partial charge is 0.377 e. The summed E-state index contributed by atoms with van der Waals surface area (Å²) in [6.07, 6.45) is 0.982. The smallest absolute Gasteiger partial charge is 0.193 e. The van der Waals surface area contributed by atoms with Gasteiger partial charge in [0.05, 0.1) is 13.6 Å². The molecule has 0 aliphatic rings. The zero-order chi connectivity index (χ0) is 12.3. The van der Waals surface area contributed by atoms with E-state index in [9.17, 15) is 0 Å². The Morgan fingerprint density at radius 2 is 2.24 bits per heavy atom. The van der Waals surface area contributed by atoms with E-state index in [1.165, 1.54) is 10.4 Å². The molecule has 0 amide bonds. The van der Waals surface area contributed by atoms with Crippen molar-refractivity contribution in [2.75, 3.05) is 5.32 Å². The lowest BCUT2D eigenvalue weighted by atomic mass is 10.1. The molecule has 1 heterocycles. The number of aryl methyl sites for hydroxylation is 2. The van der Waals surface area contributed by atoms with E-state index in [4.69, 9.17) is 0 Å². The molecule has 2 aromatic rings. The van der Waals surface area contributed by atoms with Crippen molar-refractivity contribution in [2.45, 2.75) is 19.9 Å². The van der Waals surface area contributed by atoms with Gasteiger partial charge >= 0.3 is 0 Å². The number of rotatable bonds is 4. The van der Waals surface area contributed by atoms with Crippen LogP contribution in [0.5, 0.6) is 0 Å². The van der Waals surface area contributed by atoms with Crippen molar-refractivity contribution in [1.29, 1.82) is 0 Å². The molecule has 0 bridgehead atoms. The average Bonchev–Trinajstić information content (AvgIpc) is 2.73. The summed E-state index contributed by atoms with van der Waals surface area (Å²) in [5, 5.41) is 15.2. The van der Waals surface area contributed by atoms with Gasteiger partial charge < -0.3 is 5.32 Å². The van der Waals surface area contributed by atoms with Crippen LogP contribution < -0.4 is 5.32 Å². The minimum absolute atomic E-state index is 0.586. The molecule has 0 atom stereocenters. The minimum Gasteiger partial charge on any atom is -0.377 e. The number of aromatic nitrogens is 4. The van der Waals surface area contributed by atoms with Gasteiger partial charge in [-0.2, -0.15) is 4.80 Å². The topological polar surface area (TPSA) is 55.6 Å². The van der Waals surface area contributed by atoms with Crippen LogP contribution in [0.25, 0.3) is 0 Å². The van der Waals surface area contributed by atoms with Crippen LogP contribution >= 0.6 is 15.9 Å². The van der Waals surface area contributed by atoms with Crippen LogP contribution in [0, 0.1) is 0 Å². The van der Waals surface area contributed by atoms with E-state index in [2.05, 4.69) is 55.7 Å². The summed E-state index contributed by atoms with van der Waals surface area (Å²) < 4.78 is 1.09. The number of nitrogens with zero attached hydrogens (tertiary/aromatic N) is 4. The Balaban J connectivity index is 2.08. The summed E-state index contributed by atoms with van der Waals surface area (Å²) in [5.41, 5.74) is 2.38. The van der Waals surface area contributed by atoms with Crippen LogP contribution in [0.3, 0.4) is 0 Å². The summed E-state index contributed by atoms with van der Waals surface area (Å²) in [6, 6.07) is 6.19. The molecule has 0 aliphatic heterocycles. The first-order chi connectivity index (χ1) is 8.19. The predicted octanol–water partition coefficient (Wildman–Crippen LogP) is 2.15. The Morgan fingerprint density at radius 1 is 1.41 bits per heavy atom. The van der Waals surface area contributed by atoms with Crippen molar-refractivity contribution in [2.24, 2.45) is 7.05 Å². The summed E-state index contributed by atoms with van der Waals surface area (Å²) in [5.74, 6) is 0.692. The number of halogens is 1. The van der Waals surface area contributed by atoms with Crippen LogP contribution in [-0.4, -0.2) is 20.2 Å².